The van der Waals surface area contributed by atoms with Gasteiger partial charge in [-0.2, -0.15) is 26.3 Å². The number of hydrazine groups is 1. The highest BCUT2D eigenvalue weighted by Crippen LogP contribution is 2.38. The van der Waals surface area contributed by atoms with E-state index in [1.54, 1.807) is 0 Å². The van der Waals surface area contributed by atoms with E-state index in [0.717, 1.165) is 23.9 Å². The van der Waals surface area contributed by atoms with Crippen molar-refractivity contribution in [3.05, 3.63) is 41.7 Å². The Morgan fingerprint density at radius 2 is 1.68 bits per heavy atom. The molecular weight excluding hydrogens is 392 g/mol. The van der Waals surface area contributed by atoms with Crippen molar-refractivity contribution < 1.29 is 31.4 Å². The molecule has 1 aliphatic rings. The van der Waals surface area contributed by atoms with Crippen LogP contribution in [0.25, 0.3) is 17.6 Å². The van der Waals surface area contributed by atoms with Crippen molar-refractivity contribution in [1.29, 1.82) is 0 Å². The van der Waals surface area contributed by atoms with Gasteiger partial charge >= 0.3 is 12.4 Å². The van der Waals surface area contributed by atoms with E-state index in [0.29, 0.717) is 18.2 Å². The third-order valence-corrected chi connectivity index (χ3v) is 3.79. The van der Waals surface area contributed by atoms with Crippen LogP contribution < -0.4 is 10.9 Å². The fourth-order valence-electron chi connectivity index (χ4n) is 2.21. The summed E-state index contributed by atoms with van der Waals surface area (Å²) in [6.07, 6.45) is -5.35. The first-order valence-corrected chi connectivity index (χ1v) is 8.11. The lowest BCUT2D eigenvalue weighted by Crippen LogP contribution is -2.40. The van der Waals surface area contributed by atoms with E-state index in [-0.39, 0.29) is 11.9 Å². The van der Waals surface area contributed by atoms with E-state index in [9.17, 15) is 31.4 Å². The van der Waals surface area contributed by atoms with Crippen LogP contribution in [0.2, 0.25) is 0 Å². The number of rotatable bonds is 6. The second-order valence-electron chi connectivity index (χ2n) is 6.19. The van der Waals surface area contributed by atoms with Gasteiger partial charge in [-0.25, -0.2) is 15.1 Å². The Balaban J connectivity index is 1.81. The van der Waals surface area contributed by atoms with Crippen LogP contribution in [-0.4, -0.2) is 32.1 Å². The molecule has 1 atom stereocenters. The first-order valence-electron chi connectivity index (χ1n) is 8.11. The van der Waals surface area contributed by atoms with Crippen LogP contribution in [0.4, 0.5) is 26.3 Å². The third kappa shape index (κ3) is 5.30. The normalized spacial score (nSPS) is 16.7. The molecule has 0 radical (unpaired) electrons. The summed E-state index contributed by atoms with van der Waals surface area (Å²) in [6, 6.07) is 1.43. The Morgan fingerprint density at radius 3 is 2.21 bits per heavy atom. The number of alkyl halides is 6. The summed E-state index contributed by atoms with van der Waals surface area (Å²) in [4.78, 5) is 3.74. The van der Waals surface area contributed by atoms with Gasteiger partial charge in [0.25, 0.3) is 0 Å². The van der Waals surface area contributed by atoms with E-state index < -0.39 is 35.3 Å². The summed E-state index contributed by atoms with van der Waals surface area (Å²) in [7, 11) is 0. The third-order valence-electron chi connectivity index (χ3n) is 3.79. The molecule has 6 nitrogen and oxygen atoms in total. The molecule has 152 valence electrons. The fraction of sp³-hybridized carbons (Fsp3) is 0.375. The molecule has 0 saturated heterocycles. The molecule has 0 bridgehead atoms. The highest BCUT2D eigenvalue weighted by molar-refractivity contribution is 5.58. The van der Waals surface area contributed by atoms with Gasteiger partial charge in [0.15, 0.2) is 5.82 Å². The standard InChI is InChI=1S/C16H15F6N5O/c17-15(18,19)10-5-9(6-11(7-10)16(20,21)22)14-23-8-27(26-14)4-3-13(28)25-24-12-1-2-12/h3-8,12-13,24-25,28H,1-2H2/b4-3-. The van der Waals surface area contributed by atoms with Crippen molar-refractivity contribution in [2.45, 2.75) is 37.5 Å². The monoisotopic (exact) mass is 407 g/mol. The number of benzene rings is 1. The maximum atomic E-state index is 12.9. The highest BCUT2D eigenvalue weighted by atomic mass is 19.4. The summed E-state index contributed by atoms with van der Waals surface area (Å²) in [5.74, 6) is -0.320. The van der Waals surface area contributed by atoms with Gasteiger partial charge in [-0.1, -0.05) is 0 Å². The Kier molecular flexibility index (Phi) is 5.46. The van der Waals surface area contributed by atoms with Crippen LogP contribution in [0.5, 0.6) is 0 Å². The van der Waals surface area contributed by atoms with Crippen molar-refractivity contribution >= 4 is 6.20 Å². The van der Waals surface area contributed by atoms with E-state index in [4.69, 9.17) is 0 Å². The summed E-state index contributed by atoms with van der Waals surface area (Å²) in [5.41, 5.74) is 2.14. The van der Waals surface area contributed by atoms with Gasteiger partial charge in [-0.15, -0.1) is 5.10 Å². The molecule has 3 N–H and O–H groups in total. The molecule has 1 saturated carbocycles. The van der Waals surface area contributed by atoms with E-state index in [1.165, 1.54) is 12.3 Å². The van der Waals surface area contributed by atoms with Gasteiger partial charge in [0, 0.05) is 17.8 Å². The second-order valence-corrected chi connectivity index (χ2v) is 6.19. The fourth-order valence-corrected chi connectivity index (χ4v) is 2.21. The minimum absolute atomic E-state index is 0.0370. The molecule has 0 spiro atoms. The van der Waals surface area contributed by atoms with Crippen molar-refractivity contribution in [3.63, 3.8) is 0 Å². The molecule has 1 fully saturated rings. The summed E-state index contributed by atoms with van der Waals surface area (Å²) >= 11 is 0. The van der Waals surface area contributed by atoms with E-state index in [2.05, 4.69) is 20.9 Å². The molecule has 3 rings (SSSR count). The predicted molar refractivity (Wildman–Crippen MR) is 86.1 cm³/mol. The topological polar surface area (TPSA) is 75.0 Å². The van der Waals surface area contributed by atoms with Crippen LogP contribution in [0.15, 0.2) is 30.6 Å². The number of halogens is 6. The number of nitrogens with zero attached hydrogens (tertiary/aromatic N) is 3. The molecule has 12 heteroatoms. The van der Waals surface area contributed by atoms with Gasteiger partial charge in [0.05, 0.1) is 11.1 Å². The van der Waals surface area contributed by atoms with Gasteiger partial charge < -0.3 is 5.11 Å². The molecule has 1 aromatic heterocycles. The Labute approximate surface area is 154 Å². The van der Waals surface area contributed by atoms with Gasteiger partial charge in [-0.3, -0.25) is 5.43 Å². The zero-order valence-corrected chi connectivity index (χ0v) is 14.1. The first kappa shape index (κ1) is 20.3. The minimum atomic E-state index is -4.96. The zero-order chi connectivity index (χ0) is 20.5. The SMILES string of the molecule is OC(/C=C\n1cnc(-c2cc(C(F)(F)F)cc(C(F)(F)F)c2)n1)NNC1CC1. The average molecular weight is 407 g/mol. The van der Waals surface area contributed by atoms with Crippen LogP contribution in [0.1, 0.15) is 24.0 Å². The minimum Gasteiger partial charge on any atom is -0.374 e. The van der Waals surface area contributed by atoms with Crippen molar-refractivity contribution in [2.24, 2.45) is 0 Å². The molecule has 1 aromatic carbocycles. The molecule has 1 unspecified atom stereocenters. The van der Waals surface area contributed by atoms with Crippen LogP contribution in [0.3, 0.4) is 0 Å². The number of aromatic nitrogens is 3. The Hall–Kier alpha value is -2.44. The van der Waals surface area contributed by atoms with Crippen LogP contribution in [0, 0.1) is 0 Å². The molecule has 0 amide bonds. The number of aliphatic hydroxyl groups excluding tert-OH is 1. The molecule has 1 heterocycles. The lowest BCUT2D eigenvalue weighted by atomic mass is 10.0. The summed E-state index contributed by atoms with van der Waals surface area (Å²) in [6.45, 7) is 0. The summed E-state index contributed by atoms with van der Waals surface area (Å²) < 4.78 is 78.7. The zero-order valence-electron chi connectivity index (χ0n) is 14.1. The van der Waals surface area contributed by atoms with Gasteiger partial charge in [0.2, 0.25) is 0 Å². The number of aliphatic hydroxyl groups is 1. The van der Waals surface area contributed by atoms with Crippen molar-refractivity contribution in [3.8, 4) is 11.4 Å². The van der Waals surface area contributed by atoms with Crippen molar-refractivity contribution in [1.82, 2.24) is 25.6 Å². The lowest BCUT2D eigenvalue weighted by Gasteiger charge is -2.13. The second kappa shape index (κ2) is 7.53. The molecule has 0 aliphatic heterocycles. The number of hydrogen-bond donors (Lipinski definition) is 3. The van der Waals surface area contributed by atoms with Crippen LogP contribution in [-0.2, 0) is 12.4 Å². The quantitative estimate of drug-likeness (QED) is 0.390. The van der Waals surface area contributed by atoms with Gasteiger partial charge in [-0.05, 0) is 37.1 Å². The predicted octanol–water partition coefficient (Wildman–Crippen LogP) is 3.03. The number of nitrogens with one attached hydrogen (secondary N) is 2. The Morgan fingerprint density at radius 1 is 1.07 bits per heavy atom. The average Bonchev–Trinajstić information content (AvgIpc) is 3.32. The largest absolute Gasteiger partial charge is 0.416 e. The van der Waals surface area contributed by atoms with E-state index in [1.807, 2.05) is 0 Å². The summed E-state index contributed by atoms with van der Waals surface area (Å²) in [5, 5.41) is 13.5. The van der Waals surface area contributed by atoms with Crippen LogP contribution >= 0.6 is 0 Å². The molecule has 2 aromatic rings. The smallest absolute Gasteiger partial charge is 0.374 e. The molecule has 1 aliphatic carbocycles. The lowest BCUT2D eigenvalue weighted by molar-refractivity contribution is -0.143. The van der Waals surface area contributed by atoms with Gasteiger partial charge in [0.1, 0.15) is 12.6 Å². The highest BCUT2D eigenvalue weighted by Gasteiger charge is 2.37. The maximum Gasteiger partial charge on any atom is 0.416 e. The first-order chi connectivity index (χ1) is 13.0. The Bertz CT molecular complexity index is 824. The molecule has 28 heavy (non-hydrogen) atoms. The maximum absolute atomic E-state index is 12.9. The van der Waals surface area contributed by atoms with E-state index >= 15 is 0 Å². The van der Waals surface area contributed by atoms with Crippen molar-refractivity contribution in [2.75, 3.05) is 0 Å². The number of hydrogen-bond acceptors (Lipinski definition) is 5. The molecular formula is C16H15F6N5O.